The Morgan fingerprint density at radius 3 is 0.716 bits per heavy atom. The fraction of sp³-hybridized carbons (Fsp3) is 0.947. The fourth-order valence-corrected chi connectivity index (χ4v) is 13.2. The zero-order chi connectivity index (χ0) is 70.1. The number of phosphoric acid groups is 2. The van der Waals surface area contributed by atoms with Gasteiger partial charge in [-0.1, -0.05) is 337 Å². The molecule has 564 valence electrons. The third-order valence-electron chi connectivity index (χ3n) is 17.6. The lowest BCUT2D eigenvalue weighted by Gasteiger charge is -2.21. The number of aliphatic hydroxyl groups is 1. The lowest BCUT2D eigenvalue weighted by Crippen LogP contribution is -2.30. The van der Waals surface area contributed by atoms with Crippen LogP contribution in [0.4, 0.5) is 0 Å². The van der Waals surface area contributed by atoms with E-state index in [2.05, 4.69) is 48.5 Å². The summed E-state index contributed by atoms with van der Waals surface area (Å²) in [6, 6.07) is 0. The first-order valence-electron chi connectivity index (χ1n) is 39.3. The van der Waals surface area contributed by atoms with Crippen molar-refractivity contribution in [1.82, 2.24) is 0 Å². The maximum atomic E-state index is 13.1. The van der Waals surface area contributed by atoms with E-state index in [1.807, 2.05) is 0 Å². The van der Waals surface area contributed by atoms with Crippen molar-refractivity contribution in [3.05, 3.63) is 0 Å². The Labute approximate surface area is 581 Å². The number of rotatable bonds is 74. The second kappa shape index (κ2) is 66.6. The molecule has 0 fully saturated rings. The average Bonchev–Trinajstić information content (AvgIpc) is 2.74. The van der Waals surface area contributed by atoms with Gasteiger partial charge in [0.05, 0.1) is 26.4 Å². The zero-order valence-corrected chi connectivity index (χ0v) is 63.9. The number of aliphatic hydroxyl groups excluding tert-OH is 1. The summed E-state index contributed by atoms with van der Waals surface area (Å²) in [6.07, 6.45) is 52.9. The van der Waals surface area contributed by atoms with Crippen LogP contribution in [0.2, 0.25) is 0 Å². The molecule has 3 N–H and O–H groups in total. The highest BCUT2D eigenvalue weighted by molar-refractivity contribution is 7.47. The minimum Gasteiger partial charge on any atom is -0.462 e. The van der Waals surface area contributed by atoms with Gasteiger partial charge < -0.3 is 33.8 Å². The summed E-state index contributed by atoms with van der Waals surface area (Å²) in [5.74, 6) is 0.103. The van der Waals surface area contributed by atoms with Crippen molar-refractivity contribution in [3.8, 4) is 0 Å². The molecule has 0 rings (SSSR count). The van der Waals surface area contributed by atoms with Crippen molar-refractivity contribution in [2.24, 2.45) is 17.8 Å². The normalized spacial score (nSPS) is 14.1. The summed E-state index contributed by atoms with van der Waals surface area (Å²) < 4.78 is 68.5. The standard InChI is InChI=1S/C76H148O17P2/c1-8-9-10-11-12-13-14-15-16-17-18-21-25-31-36-45-52-59-75(80)92-71(63-86-73(78)57-50-43-35-30-24-22-19-20-23-28-33-40-47-54-67(2)3)65-90-94(82,83)88-61-70(77)62-89-95(84,85)91-66-72(64-87-74(79)58-51-44-39-38-42-49-56-69(6)7)93-76(81)60-53-46-37-32-27-26-29-34-41-48-55-68(4)5/h67-72,77H,8-66H2,1-7H3,(H,82,83)(H,84,85)/t70-,71-,72-/m1/s1. The van der Waals surface area contributed by atoms with E-state index in [0.29, 0.717) is 31.6 Å². The summed E-state index contributed by atoms with van der Waals surface area (Å²) in [4.78, 5) is 72.8. The lowest BCUT2D eigenvalue weighted by molar-refractivity contribution is -0.161. The van der Waals surface area contributed by atoms with Crippen LogP contribution in [0.5, 0.6) is 0 Å². The van der Waals surface area contributed by atoms with Crippen molar-refractivity contribution < 1.29 is 80.2 Å². The highest BCUT2D eigenvalue weighted by atomic mass is 31.2. The van der Waals surface area contributed by atoms with Gasteiger partial charge in [0, 0.05) is 25.7 Å². The van der Waals surface area contributed by atoms with Crippen LogP contribution < -0.4 is 0 Å². The minimum absolute atomic E-state index is 0.105. The number of ether oxygens (including phenoxy) is 4. The molecular weight excluding hydrogens is 1250 g/mol. The minimum atomic E-state index is -4.96. The van der Waals surface area contributed by atoms with Crippen molar-refractivity contribution in [1.29, 1.82) is 0 Å². The second-order valence-electron chi connectivity index (χ2n) is 28.8. The van der Waals surface area contributed by atoms with Crippen LogP contribution in [-0.4, -0.2) is 96.7 Å². The molecule has 0 aliphatic rings. The van der Waals surface area contributed by atoms with Gasteiger partial charge in [-0.15, -0.1) is 0 Å². The topological polar surface area (TPSA) is 237 Å². The molecule has 0 amide bonds. The number of hydrogen-bond donors (Lipinski definition) is 3. The summed E-state index contributed by atoms with van der Waals surface area (Å²) in [7, 11) is -9.91. The van der Waals surface area contributed by atoms with E-state index in [1.165, 1.54) is 193 Å². The fourth-order valence-electron chi connectivity index (χ4n) is 11.6. The molecule has 0 saturated heterocycles. The van der Waals surface area contributed by atoms with Crippen LogP contribution in [0, 0.1) is 17.8 Å². The van der Waals surface area contributed by atoms with Crippen molar-refractivity contribution in [2.45, 2.75) is 407 Å². The molecule has 0 heterocycles. The van der Waals surface area contributed by atoms with Gasteiger partial charge in [-0.3, -0.25) is 37.3 Å². The quantitative estimate of drug-likeness (QED) is 0.0222. The van der Waals surface area contributed by atoms with Gasteiger partial charge in [-0.25, -0.2) is 9.13 Å². The number of unbranched alkanes of at least 4 members (excludes halogenated alkanes) is 42. The molecular formula is C76H148O17P2. The summed E-state index contributed by atoms with van der Waals surface area (Å²) >= 11 is 0. The monoisotopic (exact) mass is 1400 g/mol. The third-order valence-corrected chi connectivity index (χ3v) is 19.5. The SMILES string of the molecule is CCCCCCCCCCCCCCCCCCCC(=O)O[C@H](COC(=O)CCCCCCCCCCCCCCCC(C)C)COP(=O)(O)OC[C@@H](O)COP(=O)(O)OC[C@@H](COC(=O)CCCCCCCCC(C)C)OC(=O)CCCCCCCCCCCCC(C)C. The third kappa shape index (κ3) is 70.3. The van der Waals surface area contributed by atoms with Crippen LogP contribution in [0.3, 0.4) is 0 Å². The van der Waals surface area contributed by atoms with Gasteiger partial charge in [0.25, 0.3) is 0 Å². The van der Waals surface area contributed by atoms with E-state index in [9.17, 15) is 43.2 Å². The molecule has 0 spiro atoms. The number of hydrogen-bond acceptors (Lipinski definition) is 15. The Bertz CT molecular complexity index is 1850. The maximum absolute atomic E-state index is 13.1. The van der Waals surface area contributed by atoms with Gasteiger partial charge >= 0.3 is 39.5 Å². The van der Waals surface area contributed by atoms with Crippen molar-refractivity contribution in [3.63, 3.8) is 0 Å². The van der Waals surface area contributed by atoms with Gasteiger partial charge in [0.15, 0.2) is 12.2 Å². The Kier molecular flexibility index (Phi) is 65.2. The van der Waals surface area contributed by atoms with E-state index in [-0.39, 0.29) is 25.7 Å². The highest BCUT2D eigenvalue weighted by Gasteiger charge is 2.30. The van der Waals surface area contributed by atoms with Crippen LogP contribution in [0.15, 0.2) is 0 Å². The highest BCUT2D eigenvalue weighted by Crippen LogP contribution is 2.45. The van der Waals surface area contributed by atoms with E-state index in [4.69, 9.17) is 37.0 Å². The molecule has 0 aliphatic carbocycles. The van der Waals surface area contributed by atoms with Gasteiger partial charge in [-0.2, -0.15) is 0 Å². The molecule has 0 radical (unpaired) electrons. The van der Waals surface area contributed by atoms with Crippen LogP contribution in [-0.2, 0) is 65.4 Å². The predicted octanol–water partition coefficient (Wildman–Crippen LogP) is 22.2. The van der Waals surface area contributed by atoms with Gasteiger partial charge in [0.2, 0.25) is 0 Å². The Morgan fingerprint density at radius 2 is 0.484 bits per heavy atom. The van der Waals surface area contributed by atoms with Gasteiger partial charge in [0.1, 0.15) is 19.3 Å². The largest absolute Gasteiger partial charge is 0.472 e. The molecule has 0 aliphatic heterocycles. The molecule has 2 unspecified atom stereocenters. The molecule has 0 aromatic rings. The average molecular weight is 1400 g/mol. The van der Waals surface area contributed by atoms with E-state index in [1.54, 1.807) is 0 Å². The first kappa shape index (κ1) is 93.1. The summed E-state index contributed by atoms with van der Waals surface area (Å²) in [5, 5.41) is 10.6. The van der Waals surface area contributed by atoms with E-state index < -0.39 is 97.5 Å². The molecule has 0 saturated carbocycles. The first-order chi connectivity index (χ1) is 45.7. The zero-order valence-electron chi connectivity index (χ0n) is 62.1. The first-order valence-corrected chi connectivity index (χ1v) is 42.3. The second-order valence-corrected chi connectivity index (χ2v) is 31.7. The summed E-state index contributed by atoms with van der Waals surface area (Å²) in [6.45, 7) is 11.8. The Morgan fingerprint density at radius 1 is 0.284 bits per heavy atom. The summed E-state index contributed by atoms with van der Waals surface area (Å²) in [5.41, 5.74) is 0. The molecule has 95 heavy (non-hydrogen) atoms. The van der Waals surface area contributed by atoms with Gasteiger partial charge in [-0.05, 0) is 43.4 Å². The molecule has 19 heteroatoms. The van der Waals surface area contributed by atoms with Crippen LogP contribution in [0.1, 0.15) is 389 Å². The Hall–Kier alpha value is -1.94. The smallest absolute Gasteiger partial charge is 0.462 e. The number of carbonyl (C=O) groups is 4. The number of carbonyl (C=O) groups excluding carboxylic acids is 4. The molecule has 0 aromatic heterocycles. The Balaban J connectivity index is 5.24. The maximum Gasteiger partial charge on any atom is 0.472 e. The predicted molar refractivity (Wildman–Crippen MR) is 386 cm³/mol. The lowest BCUT2D eigenvalue weighted by atomic mass is 10.0. The molecule has 17 nitrogen and oxygen atoms in total. The molecule has 5 atom stereocenters. The van der Waals surface area contributed by atoms with Crippen molar-refractivity contribution in [2.75, 3.05) is 39.6 Å². The molecule has 0 aromatic carbocycles. The number of phosphoric ester groups is 2. The van der Waals surface area contributed by atoms with Crippen LogP contribution in [0.25, 0.3) is 0 Å². The van der Waals surface area contributed by atoms with Crippen LogP contribution >= 0.6 is 15.6 Å². The number of esters is 4. The van der Waals surface area contributed by atoms with E-state index >= 15 is 0 Å². The van der Waals surface area contributed by atoms with Crippen molar-refractivity contribution >= 4 is 39.5 Å². The molecule has 0 bridgehead atoms. The van der Waals surface area contributed by atoms with E-state index in [0.717, 1.165) is 108 Å².